The van der Waals surface area contributed by atoms with Crippen LogP contribution in [-0.4, -0.2) is 10.9 Å². The first-order valence-corrected chi connectivity index (χ1v) is 8.75. The van der Waals surface area contributed by atoms with E-state index in [2.05, 4.69) is 10.3 Å². The molecule has 0 aliphatic rings. The molecule has 1 aromatic heterocycles. The Morgan fingerprint density at radius 2 is 2.04 bits per heavy atom. The zero-order chi connectivity index (χ0) is 19.4. The SMILES string of the molecule is C[C@H](NC(=O)CCc1ncc(-c2ccccc2Cl)o1)c1ccc(F)cc1F. The van der Waals surface area contributed by atoms with Gasteiger partial charge in [-0.25, -0.2) is 13.8 Å². The molecule has 1 amide bonds. The minimum absolute atomic E-state index is 0.121. The molecule has 1 atom stereocenters. The number of aromatic nitrogens is 1. The summed E-state index contributed by atoms with van der Waals surface area (Å²) in [6, 6.07) is 9.91. The predicted molar refractivity (Wildman–Crippen MR) is 98.2 cm³/mol. The average Bonchev–Trinajstić information content (AvgIpc) is 3.09. The molecule has 3 rings (SSSR count). The van der Waals surface area contributed by atoms with Crippen LogP contribution in [0.2, 0.25) is 5.02 Å². The van der Waals surface area contributed by atoms with E-state index in [9.17, 15) is 13.6 Å². The monoisotopic (exact) mass is 390 g/mol. The van der Waals surface area contributed by atoms with Crippen LogP contribution in [0.5, 0.6) is 0 Å². The molecule has 2 aromatic carbocycles. The average molecular weight is 391 g/mol. The molecule has 4 nitrogen and oxygen atoms in total. The van der Waals surface area contributed by atoms with Crippen LogP contribution in [0.4, 0.5) is 8.78 Å². The van der Waals surface area contributed by atoms with Gasteiger partial charge in [-0.1, -0.05) is 29.8 Å². The van der Waals surface area contributed by atoms with Gasteiger partial charge in [0.05, 0.1) is 17.3 Å². The van der Waals surface area contributed by atoms with Crippen molar-refractivity contribution in [1.82, 2.24) is 10.3 Å². The van der Waals surface area contributed by atoms with Gasteiger partial charge in [0.2, 0.25) is 5.91 Å². The number of amides is 1. The molecule has 0 unspecified atom stereocenters. The molecule has 27 heavy (non-hydrogen) atoms. The second kappa shape index (κ2) is 8.31. The van der Waals surface area contributed by atoms with Gasteiger partial charge in [0.15, 0.2) is 11.7 Å². The van der Waals surface area contributed by atoms with Crippen molar-refractivity contribution in [3.05, 3.63) is 76.8 Å². The van der Waals surface area contributed by atoms with E-state index in [0.717, 1.165) is 17.7 Å². The molecule has 0 bridgehead atoms. The summed E-state index contributed by atoms with van der Waals surface area (Å²) in [7, 11) is 0. The van der Waals surface area contributed by atoms with Crippen molar-refractivity contribution in [3.63, 3.8) is 0 Å². The third-order valence-electron chi connectivity index (χ3n) is 4.07. The summed E-state index contributed by atoms with van der Waals surface area (Å²) in [6.07, 6.45) is 1.97. The Morgan fingerprint density at radius 1 is 1.26 bits per heavy atom. The van der Waals surface area contributed by atoms with Gasteiger partial charge in [0, 0.05) is 30.0 Å². The molecule has 0 aliphatic heterocycles. The number of hydrogen-bond donors (Lipinski definition) is 1. The highest BCUT2D eigenvalue weighted by molar-refractivity contribution is 6.33. The van der Waals surface area contributed by atoms with E-state index in [4.69, 9.17) is 16.0 Å². The Balaban J connectivity index is 1.57. The van der Waals surface area contributed by atoms with Crippen LogP contribution < -0.4 is 5.32 Å². The molecule has 0 saturated heterocycles. The number of nitrogens with zero attached hydrogens (tertiary/aromatic N) is 1. The molecule has 1 heterocycles. The number of halogens is 3. The number of benzene rings is 2. The third-order valence-corrected chi connectivity index (χ3v) is 4.39. The quantitative estimate of drug-likeness (QED) is 0.638. The van der Waals surface area contributed by atoms with Gasteiger partial charge < -0.3 is 9.73 Å². The fourth-order valence-electron chi connectivity index (χ4n) is 2.68. The summed E-state index contributed by atoms with van der Waals surface area (Å²) >= 11 is 6.13. The van der Waals surface area contributed by atoms with Crippen LogP contribution in [0.25, 0.3) is 11.3 Å². The second-order valence-corrected chi connectivity index (χ2v) is 6.46. The Hall–Kier alpha value is -2.73. The number of carbonyl (C=O) groups excluding carboxylic acids is 1. The number of aryl methyl sites for hydroxylation is 1. The minimum atomic E-state index is -0.695. The molecule has 0 fully saturated rings. The molecule has 140 valence electrons. The van der Waals surface area contributed by atoms with Crippen molar-refractivity contribution in [2.24, 2.45) is 0 Å². The van der Waals surface area contributed by atoms with Gasteiger partial charge in [-0.15, -0.1) is 0 Å². The van der Waals surface area contributed by atoms with Crippen LogP contribution >= 0.6 is 11.6 Å². The Bertz CT molecular complexity index is 959. The molecule has 0 saturated carbocycles. The Kier molecular flexibility index (Phi) is 5.86. The maximum Gasteiger partial charge on any atom is 0.220 e. The van der Waals surface area contributed by atoms with E-state index in [1.54, 1.807) is 19.2 Å². The lowest BCUT2D eigenvalue weighted by Gasteiger charge is -2.14. The fraction of sp³-hybridized carbons (Fsp3) is 0.200. The maximum absolute atomic E-state index is 13.8. The van der Waals surface area contributed by atoms with Gasteiger partial charge in [-0.05, 0) is 25.1 Å². The van der Waals surface area contributed by atoms with E-state index in [1.165, 1.54) is 6.07 Å². The topological polar surface area (TPSA) is 55.1 Å². The number of oxazole rings is 1. The van der Waals surface area contributed by atoms with E-state index in [0.29, 0.717) is 16.7 Å². The van der Waals surface area contributed by atoms with Crippen LogP contribution in [0.15, 0.2) is 53.1 Å². The summed E-state index contributed by atoms with van der Waals surface area (Å²) in [5.41, 5.74) is 0.949. The molecular weight excluding hydrogens is 374 g/mol. The highest BCUT2D eigenvalue weighted by atomic mass is 35.5. The zero-order valence-electron chi connectivity index (χ0n) is 14.5. The minimum Gasteiger partial charge on any atom is -0.441 e. The maximum atomic E-state index is 13.8. The highest BCUT2D eigenvalue weighted by Crippen LogP contribution is 2.28. The summed E-state index contributed by atoms with van der Waals surface area (Å²) < 4.78 is 32.4. The second-order valence-electron chi connectivity index (χ2n) is 6.05. The number of carbonyl (C=O) groups is 1. The fourth-order valence-corrected chi connectivity index (χ4v) is 2.90. The van der Waals surface area contributed by atoms with Gasteiger partial charge in [-0.3, -0.25) is 4.79 Å². The Morgan fingerprint density at radius 3 is 2.78 bits per heavy atom. The summed E-state index contributed by atoms with van der Waals surface area (Å²) in [5, 5.41) is 3.23. The van der Waals surface area contributed by atoms with E-state index in [-0.39, 0.29) is 24.3 Å². The summed E-state index contributed by atoms with van der Waals surface area (Å²) in [6.45, 7) is 1.63. The molecule has 3 aromatic rings. The zero-order valence-corrected chi connectivity index (χ0v) is 15.3. The lowest BCUT2D eigenvalue weighted by Crippen LogP contribution is -2.27. The molecule has 0 aliphatic carbocycles. The van der Waals surface area contributed by atoms with Gasteiger partial charge in [0.1, 0.15) is 11.6 Å². The van der Waals surface area contributed by atoms with Crippen LogP contribution in [-0.2, 0) is 11.2 Å². The number of nitrogens with one attached hydrogen (secondary N) is 1. The van der Waals surface area contributed by atoms with Crippen molar-refractivity contribution in [2.45, 2.75) is 25.8 Å². The van der Waals surface area contributed by atoms with Crippen LogP contribution in [0, 0.1) is 11.6 Å². The van der Waals surface area contributed by atoms with Crippen molar-refractivity contribution in [2.75, 3.05) is 0 Å². The van der Waals surface area contributed by atoms with Crippen molar-refractivity contribution >= 4 is 17.5 Å². The first-order chi connectivity index (χ1) is 12.9. The Labute approximate surface area is 160 Å². The summed E-state index contributed by atoms with van der Waals surface area (Å²) in [4.78, 5) is 16.3. The van der Waals surface area contributed by atoms with E-state index >= 15 is 0 Å². The smallest absolute Gasteiger partial charge is 0.220 e. The van der Waals surface area contributed by atoms with Gasteiger partial charge in [0.25, 0.3) is 0 Å². The van der Waals surface area contributed by atoms with Gasteiger partial charge in [-0.2, -0.15) is 0 Å². The first-order valence-electron chi connectivity index (χ1n) is 8.38. The number of hydrogen-bond acceptors (Lipinski definition) is 3. The van der Waals surface area contributed by atoms with Crippen LogP contribution in [0.3, 0.4) is 0 Å². The van der Waals surface area contributed by atoms with E-state index < -0.39 is 17.7 Å². The first kappa shape index (κ1) is 19.0. The number of rotatable bonds is 6. The highest BCUT2D eigenvalue weighted by Gasteiger charge is 2.15. The molecule has 1 N–H and O–H groups in total. The normalized spacial score (nSPS) is 12.0. The summed E-state index contributed by atoms with van der Waals surface area (Å²) in [5.74, 6) is -0.713. The lowest BCUT2D eigenvalue weighted by molar-refractivity contribution is -0.121. The van der Waals surface area contributed by atoms with E-state index in [1.807, 2.05) is 18.2 Å². The predicted octanol–water partition coefficient (Wildman–Crippen LogP) is 5.08. The largest absolute Gasteiger partial charge is 0.441 e. The molecular formula is C20H17ClF2N2O2. The lowest BCUT2D eigenvalue weighted by atomic mass is 10.1. The third kappa shape index (κ3) is 4.71. The van der Waals surface area contributed by atoms with Gasteiger partial charge >= 0.3 is 0 Å². The van der Waals surface area contributed by atoms with Crippen LogP contribution in [0.1, 0.15) is 30.8 Å². The van der Waals surface area contributed by atoms with Crippen molar-refractivity contribution in [3.8, 4) is 11.3 Å². The standard InChI is InChI=1S/C20H17ClF2N2O2/c1-12(14-7-6-13(22)10-17(14)23)25-19(26)8-9-20-24-11-18(27-20)15-4-2-3-5-16(15)21/h2-7,10-12H,8-9H2,1H3,(H,25,26)/t12-/m0/s1. The molecule has 0 radical (unpaired) electrons. The van der Waals surface area contributed by atoms with Crippen molar-refractivity contribution < 1.29 is 18.0 Å². The molecule has 7 heteroatoms. The van der Waals surface area contributed by atoms with Crippen molar-refractivity contribution in [1.29, 1.82) is 0 Å². The molecule has 0 spiro atoms.